The summed E-state index contributed by atoms with van der Waals surface area (Å²) in [5.41, 5.74) is 1.28. The number of nitrogens with zero attached hydrogens (tertiary/aromatic N) is 4. The van der Waals surface area contributed by atoms with Crippen molar-refractivity contribution in [2.45, 2.75) is 32.0 Å². The first kappa shape index (κ1) is 25.8. The number of hydrogen-bond donors (Lipinski definition) is 2. The summed E-state index contributed by atoms with van der Waals surface area (Å²) in [6.45, 7) is 5.59. The predicted molar refractivity (Wildman–Crippen MR) is 130 cm³/mol. The van der Waals surface area contributed by atoms with Crippen LogP contribution in [0, 0.1) is 28.8 Å². The van der Waals surface area contributed by atoms with Gasteiger partial charge >= 0.3 is 0 Å². The van der Waals surface area contributed by atoms with Crippen LogP contribution >= 0.6 is 11.8 Å². The van der Waals surface area contributed by atoms with E-state index < -0.39 is 16.8 Å². The normalized spacial score (nSPS) is 11.8. The number of thioether (sulfide) groups is 1. The number of anilines is 1. The van der Waals surface area contributed by atoms with Gasteiger partial charge in [-0.2, -0.15) is 0 Å². The lowest BCUT2D eigenvalue weighted by Crippen LogP contribution is -2.33. The van der Waals surface area contributed by atoms with Crippen LogP contribution in [-0.2, 0) is 11.8 Å². The summed E-state index contributed by atoms with van der Waals surface area (Å²) in [6, 6.07) is 9.04. The van der Waals surface area contributed by atoms with Gasteiger partial charge in [0.2, 0.25) is 5.91 Å². The van der Waals surface area contributed by atoms with E-state index in [2.05, 4.69) is 20.8 Å². The molecular weight excluding hydrogens is 475 g/mol. The van der Waals surface area contributed by atoms with Gasteiger partial charge in [-0.05, 0) is 42.7 Å². The van der Waals surface area contributed by atoms with Crippen molar-refractivity contribution < 1.29 is 18.9 Å². The summed E-state index contributed by atoms with van der Waals surface area (Å²) in [5.74, 6) is -0.668. The Kier molecular flexibility index (Phi) is 8.18. The standard InChI is InChI=1S/C23H25FN6O4S/c1-13(2)20(26-22(32)15-6-8-16(24)9-7-15)21-27-28-23(29(21)4)35-12-19(31)25-18-11-17(30(33)34)10-5-14(18)3/h5-11,13,20H,12H2,1-4H3,(H,25,31)(H,26,32). The fourth-order valence-corrected chi connectivity index (χ4v) is 3.97. The second-order valence-corrected chi connectivity index (χ2v) is 9.14. The van der Waals surface area contributed by atoms with Crippen molar-refractivity contribution in [1.82, 2.24) is 20.1 Å². The highest BCUT2D eigenvalue weighted by molar-refractivity contribution is 7.99. The van der Waals surface area contributed by atoms with Crippen LogP contribution in [0.3, 0.4) is 0 Å². The Labute approximate surface area is 205 Å². The molecule has 1 aromatic heterocycles. The average Bonchev–Trinajstić information content (AvgIpc) is 3.17. The van der Waals surface area contributed by atoms with E-state index in [0.717, 1.165) is 11.8 Å². The number of nitro groups is 1. The molecule has 2 N–H and O–H groups in total. The number of nitro benzene ring substituents is 1. The van der Waals surface area contributed by atoms with E-state index in [4.69, 9.17) is 0 Å². The monoisotopic (exact) mass is 500 g/mol. The Morgan fingerprint density at radius 1 is 1.17 bits per heavy atom. The van der Waals surface area contributed by atoms with Gasteiger partial charge in [0.15, 0.2) is 11.0 Å². The minimum Gasteiger partial charge on any atom is -0.342 e. The van der Waals surface area contributed by atoms with Gasteiger partial charge in [-0.3, -0.25) is 19.7 Å². The fraction of sp³-hybridized carbons (Fsp3) is 0.304. The maximum atomic E-state index is 13.2. The molecule has 2 amide bonds. The van der Waals surface area contributed by atoms with Crippen LogP contribution in [0.4, 0.5) is 15.8 Å². The van der Waals surface area contributed by atoms with Crippen LogP contribution in [0.15, 0.2) is 47.6 Å². The number of hydrogen-bond acceptors (Lipinski definition) is 7. The van der Waals surface area contributed by atoms with Crippen LogP contribution in [0.1, 0.15) is 41.6 Å². The highest BCUT2D eigenvalue weighted by atomic mass is 32.2. The van der Waals surface area contributed by atoms with E-state index in [1.165, 1.54) is 36.4 Å². The smallest absolute Gasteiger partial charge is 0.271 e. The lowest BCUT2D eigenvalue weighted by atomic mass is 10.0. The molecule has 3 rings (SSSR count). The number of amides is 2. The average molecular weight is 501 g/mol. The van der Waals surface area contributed by atoms with Crippen LogP contribution in [0.2, 0.25) is 0 Å². The first-order valence-electron chi connectivity index (χ1n) is 10.7. The third kappa shape index (κ3) is 6.41. The van der Waals surface area contributed by atoms with Gasteiger partial charge < -0.3 is 15.2 Å². The Balaban J connectivity index is 1.67. The maximum absolute atomic E-state index is 13.2. The molecule has 0 bridgehead atoms. The van der Waals surface area contributed by atoms with Gasteiger partial charge in [0.1, 0.15) is 5.82 Å². The van der Waals surface area contributed by atoms with Gasteiger partial charge in [0.05, 0.1) is 22.4 Å². The van der Waals surface area contributed by atoms with E-state index in [-0.39, 0.29) is 29.2 Å². The molecular formula is C23H25FN6O4S. The van der Waals surface area contributed by atoms with Crippen LogP contribution in [0.25, 0.3) is 0 Å². The molecule has 1 atom stereocenters. The maximum Gasteiger partial charge on any atom is 0.271 e. The van der Waals surface area contributed by atoms with Crippen molar-refractivity contribution >= 4 is 35.0 Å². The number of carbonyl (C=O) groups excluding carboxylic acids is 2. The number of non-ortho nitro benzene ring substituents is 1. The first-order chi connectivity index (χ1) is 16.6. The summed E-state index contributed by atoms with van der Waals surface area (Å²) in [7, 11) is 1.74. The van der Waals surface area contributed by atoms with E-state index >= 15 is 0 Å². The number of halogens is 1. The molecule has 1 unspecified atom stereocenters. The first-order valence-corrected chi connectivity index (χ1v) is 11.7. The molecule has 10 nitrogen and oxygen atoms in total. The van der Waals surface area contributed by atoms with E-state index in [9.17, 15) is 24.1 Å². The topological polar surface area (TPSA) is 132 Å². The molecule has 0 spiro atoms. The molecule has 0 saturated carbocycles. The molecule has 0 saturated heterocycles. The van der Waals surface area contributed by atoms with Gasteiger partial charge in [-0.25, -0.2) is 4.39 Å². The summed E-state index contributed by atoms with van der Waals surface area (Å²) < 4.78 is 14.9. The number of nitrogens with one attached hydrogen (secondary N) is 2. The molecule has 12 heteroatoms. The Bertz CT molecular complexity index is 1250. The fourth-order valence-electron chi connectivity index (χ4n) is 3.25. The quantitative estimate of drug-likeness (QED) is 0.258. The lowest BCUT2D eigenvalue weighted by molar-refractivity contribution is -0.384. The second kappa shape index (κ2) is 11.1. The number of aryl methyl sites for hydroxylation is 1. The molecule has 184 valence electrons. The van der Waals surface area contributed by atoms with E-state index in [1.807, 2.05) is 13.8 Å². The number of rotatable bonds is 9. The third-order valence-corrected chi connectivity index (χ3v) is 6.27. The number of aromatic nitrogens is 3. The zero-order valence-electron chi connectivity index (χ0n) is 19.6. The second-order valence-electron chi connectivity index (χ2n) is 8.20. The van der Waals surface area contributed by atoms with Gasteiger partial charge in [0.25, 0.3) is 11.6 Å². The minimum atomic E-state index is -0.523. The largest absolute Gasteiger partial charge is 0.342 e. The zero-order valence-corrected chi connectivity index (χ0v) is 20.4. The summed E-state index contributed by atoms with van der Waals surface area (Å²) in [6.07, 6.45) is 0. The van der Waals surface area contributed by atoms with Crippen LogP contribution in [0.5, 0.6) is 0 Å². The van der Waals surface area contributed by atoms with E-state index in [0.29, 0.717) is 27.8 Å². The number of benzene rings is 2. The van der Waals surface area contributed by atoms with Crippen molar-refractivity contribution in [3.8, 4) is 0 Å². The van der Waals surface area contributed by atoms with Gasteiger partial charge in [0, 0.05) is 24.7 Å². The molecule has 0 aliphatic carbocycles. The molecule has 0 radical (unpaired) electrons. The van der Waals surface area contributed by atoms with Crippen molar-refractivity contribution in [2.24, 2.45) is 13.0 Å². The Hall–Kier alpha value is -3.80. The molecule has 0 aliphatic heterocycles. The highest BCUT2D eigenvalue weighted by Gasteiger charge is 2.25. The lowest BCUT2D eigenvalue weighted by Gasteiger charge is -2.21. The molecule has 0 fully saturated rings. The van der Waals surface area contributed by atoms with Crippen LogP contribution < -0.4 is 10.6 Å². The third-order valence-electron chi connectivity index (χ3n) is 5.24. The summed E-state index contributed by atoms with van der Waals surface area (Å²) in [5, 5.41) is 25.4. The predicted octanol–water partition coefficient (Wildman–Crippen LogP) is 4.03. The molecule has 35 heavy (non-hydrogen) atoms. The Morgan fingerprint density at radius 2 is 1.86 bits per heavy atom. The summed E-state index contributed by atoms with van der Waals surface area (Å²) >= 11 is 1.15. The summed E-state index contributed by atoms with van der Waals surface area (Å²) in [4.78, 5) is 35.6. The highest BCUT2D eigenvalue weighted by Crippen LogP contribution is 2.26. The molecule has 0 aliphatic rings. The number of carbonyl (C=O) groups is 2. The van der Waals surface area contributed by atoms with Crippen molar-refractivity contribution in [3.63, 3.8) is 0 Å². The molecule has 1 heterocycles. The zero-order chi connectivity index (χ0) is 25.7. The Morgan fingerprint density at radius 3 is 2.49 bits per heavy atom. The van der Waals surface area contributed by atoms with Crippen molar-refractivity contribution in [1.29, 1.82) is 0 Å². The van der Waals surface area contributed by atoms with E-state index in [1.54, 1.807) is 24.6 Å². The van der Waals surface area contributed by atoms with Gasteiger partial charge in [-0.15, -0.1) is 10.2 Å². The minimum absolute atomic E-state index is 0.00237. The van der Waals surface area contributed by atoms with Crippen LogP contribution in [-0.4, -0.2) is 37.3 Å². The van der Waals surface area contributed by atoms with Crippen molar-refractivity contribution in [2.75, 3.05) is 11.1 Å². The SMILES string of the molecule is Cc1ccc([N+](=O)[O-])cc1NC(=O)CSc1nnc(C(NC(=O)c2ccc(F)cc2)C(C)C)n1C. The molecule has 3 aromatic rings. The van der Waals surface area contributed by atoms with Gasteiger partial charge in [-0.1, -0.05) is 31.7 Å². The molecule has 2 aromatic carbocycles. The van der Waals surface area contributed by atoms with Crippen molar-refractivity contribution in [3.05, 3.63) is 75.3 Å².